The Morgan fingerprint density at radius 3 is 2.32 bits per heavy atom. The second kappa shape index (κ2) is 8.47. The zero-order valence-electron chi connectivity index (χ0n) is 15.4. The fraction of sp³-hybridized carbons (Fsp3) is 0.333. The molecule has 2 aromatic carbocycles. The smallest absolute Gasteiger partial charge is 0.224 e. The molecule has 0 radical (unpaired) electrons. The highest BCUT2D eigenvalue weighted by atomic mass is 16.2. The molecule has 1 N–H and O–H groups in total. The number of nitrogens with zero attached hydrogens (tertiary/aromatic N) is 1. The van der Waals surface area contributed by atoms with E-state index in [4.69, 9.17) is 0 Å². The molecule has 2 aromatic rings. The highest BCUT2D eigenvalue weighted by molar-refractivity contribution is 5.92. The molecule has 4 nitrogen and oxygen atoms in total. The van der Waals surface area contributed by atoms with Gasteiger partial charge in [0.15, 0.2) is 0 Å². The Hall–Kier alpha value is -2.62. The molecule has 2 amide bonds. The lowest BCUT2D eigenvalue weighted by Gasteiger charge is -2.24. The van der Waals surface area contributed by atoms with Crippen LogP contribution < -0.4 is 10.2 Å². The Labute approximate surface area is 149 Å². The predicted molar refractivity (Wildman–Crippen MR) is 102 cm³/mol. The number of aryl methyl sites for hydroxylation is 2. The van der Waals surface area contributed by atoms with Gasteiger partial charge < -0.3 is 10.2 Å². The van der Waals surface area contributed by atoms with E-state index in [1.54, 1.807) is 11.8 Å². The Morgan fingerprint density at radius 1 is 0.960 bits per heavy atom. The van der Waals surface area contributed by atoms with Crippen molar-refractivity contribution in [2.45, 2.75) is 34.1 Å². The van der Waals surface area contributed by atoms with Crippen LogP contribution in [0.25, 0.3) is 0 Å². The number of benzene rings is 2. The van der Waals surface area contributed by atoms with Crippen molar-refractivity contribution < 1.29 is 9.59 Å². The van der Waals surface area contributed by atoms with Gasteiger partial charge in [0, 0.05) is 25.7 Å². The zero-order chi connectivity index (χ0) is 18.4. The summed E-state index contributed by atoms with van der Waals surface area (Å²) in [6.07, 6.45) is 0.357. The molecule has 0 fully saturated rings. The summed E-state index contributed by atoms with van der Waals surface area (Å²) >= 11 is 0. The summed E-state index contributed by atoms with van der Waals surface area (Å²) in [4.78, 5) is 25.9. The fourth-order valence-corrected chi connectivity index (χ4v) is 2.83. The van der Waals surface area contributed by atoms with Crippen LogP contribution in [-0.4, -0.2) is 24.9 Å². The lowest BCUT2D eigenvalue weighted by molar-refractivity contribution is -0.121. The maximum atomic E-state index is 12.2. The second-order valence-corrected chi connectivity index (χ2v) is 6.34. The van der Waals surface area contributed by atoms with Crippen LogP contribution >= 0.6 is 0 Å². The molecule has 0 aliphatic heterocycles. The molecule has 132 valence electrons. The first-order chi connectivity index (χ1) is 11.9. The average Bonchev–Trinajstić information content (AvgIpc) is 2.56. The Balaban J connectivity index is 1.96. The SMILES string of the molecule is CC(=O)N(CCNC(=O)Cc1ccccc1C)c1cccc(C)c1C. The molecule has 0 aliphatic carbocycles. The molecule has 0 bridgehead atoms. The number of carbonyl (C=O) groups excluding carboxylic acids is 2. The summed E-state index contributed by atoms with van der Waals surface area (Å²) in [5, 5.41) is 2.91. The van der Waals surface area contributed by atoms with Crippen molar-refractivity contribution in [1.29, 1.82) is 0 Å². The average molecular weight is 338 g/mol. The monoisotopic (exact) mass is 338 g/mol. The van der Waals surface area contributed by atoms with E-state index in [-0.39, 0.29) is 11.8 Å². The lowest BCUT2D eigenvalue weighted by Crippen LogP contribution is -2.38. The first-order valence-corrected chi connectivity index (χ1v) is 8.55. The number of nitrogens with one attached hydrogen (secondary N) is 1. The van der Waals surface area contributed by atoms with E-state index in [1.165, 1.54) is 0 Å². The van der Waals surface area contributed by atoms with Crippen LogP contribution in [0.2, 0.25) is 0 Å². The van der Waals surface area contributed by atoms with E-state index < -0.39 is 0 Å². The van der Waals surface area contributed by atoms with Gasteiger partial charge in [0.05, 0.1) is 6.42 Å². The first kappa shape index (κ1) is 18.7. The van der Waals surface area contributed by atoms with E-state index >= 15 is 0 Å². The molecule has 0 unspecified atom stereocenters. The van der Waals surface area contributed by atoms with Gasteiger partial charge in [0.1, 0.15) is 0 Å². The Morgan fingerprint density at radius 2 is 1.64 bits per heavy atom. The molecule has 0 heterocycles. The summed E-state index contributed by atoms with van der Waals surface area (Å²) < 4.78 is 0. The molecule has 0 aromatic heterocycles. The zero-order valence-corrected chi connectivity index (χ0v) is 15.4. The summed E-state index contributed by atoms with van der Waals surface area (Å²) in [5.41, 5.74) is 5.27. The molecular formula is C21H26N2O2. The molecule has 0 atom stereocenters. The van der Waals surface area contributed by atoms with Crippen molar-refractivity contribution in [2.75, 3.05) is 18.0 Å². The highest BCUT2D eigenvalue weighted by Crippen LogP contribution is 2.22. The molecule has 0 saturated heterocycles. The molecule has 25 heavy (non-hydrogen) atoms. The third-order valence-corrected chi connectivity index (χ3v) is 4.52. The van der Waals surface area contributed by atoms with Crippen molar-refractivity contribution in [3.05, 3.63) is 64.7 Å². The summed E-state index contributed by atoms with van der Waals surface area (Å²) in [5.74, 6) is -0.0550. The fourth-order valence-electron chi connectivity index (χ4n) is 2.83. The number of rotatable bonds is 6. The van der Waals surface area contributed by atoms with E-state index in [0.717, 1.165) is 27.9 Å². The predicted octanol–water partition coefficient (Wildman–Crippen LogP) is 3.32. The second-order valence-electron chi connectivity index (χ2n) is 6.34. The van der Waals surface area contributed by atoms with Gasteiger partial charge in [-0.05, 0) is 49.1 Å². The van der Waals surface area contributed by atoms with Gasteiger partial charge in [-0.1, -0.05) is 36.4 Å². The van der Waals surface area contributed by atoms with Crippen molar-refractivity contribution >= 4 is 17.5 Å². The summed E-state index contributed by atoms with van der Waals surface area (Å²) in [6, 6.07) is 13.8. The first-order valence-electron chi connectivity index (χ1n) is 8.55. The number of hydrogen-bond acceptors (Lipinski definition) is 2. The minimum atomic E-state index is -0.0289. The maximum absolute atomic E-state index is 12.2. The third-order valence-electron chi connectivity index (χ3n) is 4.52. The highest BCUT2D eigenvalue weighted by Gasteiger charge is 2.15. The van der Waals surface area contributed by atoms with E-state index in [1.807, 2.05) is 63.2 Å². The van der Waals surface area contributed by atoms with Gasteiger partial charge in [-0.25, -0.2) is 0 Å². The third kappa shape index (κ3) is 4.92. The molecule has 0 aliphatic rings. The minimum absolute atomic E-state index is 0.0261. The van der Waals surface area contributed by atoms with Gasteiger partial charge in [0.25, 0.3) is 0 Å². The standard InChI is InChI=1S/C21H26N2O2/c1-15-9-7-11-20(17(15)3)23(18(4)24)13-12-22-21(25)14-19-10-6-5-8-16(19)2/h5-11H,12-14H2,1-4H3,(H,22,25). The number of anilines is 1. The van der Waals surface area contributed by atoms with Gasteiger partial charge in [-0.15, -0.1) is 0 Å². The van der Waals surface area contributed by atoms with Gasteiger partial charge in [-0.2, -0.15) is 0 Å². The van der Waals surface area contributed by atoms with Crippen molar-refractivity contribution in [2.24, 2.45) is 0 Å². The van der Waals surface area contributed by atoms with Gasteiger partial charge in [-0.3, -0.25) is 9.59 Å². The van der Waals surface area contributed by atoms with Crippen LogP contribution in [0.4, 0.5) is 5.69 Å². The molecule has 0 saturated carbocycles. The number of amides is 2. The van der Waals surface area contributed by atoms with Crippen molar-refractivity contribution in [1.82, 2.24) is 5.32 Å². The van der Waals surface area contributed by atoms with E-state index in [9.17, 15) is 9.59 Å². The molecule has 4 heteroatoms. The van der Waals surface area contributed by atoms with Crippen LogP contribution in [0.15, 0.2) is 42.5 Å². The summed E-state index contributed by atoms with van der Waals surface area (Å²) in [7, 11) is 0. The Bertz CT molecular complexity index is 768. The van der Waals surface area contributed by atoms with Crippen molar-refractivity contribution in [3.63, 3.8) is 0 Å². The van der Waals surface area contributed by atoms with Crippen molar-refractivity contribution in [3.8, 4) is 0 Å². The number of carbonyl (C=O) groups is 2. The van der Waals surface area contributed by atoms with E-state index in [0.29, 0.717) is 19.5 Å². The molecular weight excluding hydrogens is 312 g/mol. The van der Waals surface area contributed by atoms with E-state index in [2.05, 4.69) is 5.32 Å². The van der Waals surface area contributed by atoms with Gasteiger partial charge >= 0.3 is 0 Å². The molecule has 0 spiro atoms. The maximum Gasteiger partial charge on any atom is 0.224 e. The largest absolute Gasteiger partial charge is 0.354 e. The molecule has 2 rings (SSSR count). The van der Waals surface area contributed by atoms with Crippen LogP contribution in [-0.2, 0) is 16.0 Å². The van der Waals surface area contributed by atoms with Gasteiger partial charge in [0.2, 0.25) is 11.8 Å². The minimum Gasteiger partial charge on any atom is -0.354 e. The Kier molecular flexibility index (Phi) is 6.34. The van der Waals surface area contributed by atoms with Crippen LogP contribution in [0, 0.1) is 20.8 Å². The number of hydrogen-bond donors (Lipinski definition) is 1. The van der Waals surface area contributed by atoms with Crippen LogP contribution in [0.1, 0.15) is 29.2 Å². The quantitative estimate of drug-likeness (QED) is 0.878. The lowest BCUT2D eigenvalue weighted by atomic mass is 10.1. The van der Waals surface area contributed by atoms with Crippen LogP contribution in [0.5, 0.6) is 0 Å². The normalized spacial score (nSPS) is 10.4. The summed E-state index contributed by atoms with van der Waals surface area (Å²) in [6.45, 7) is 8.48. The topological polar surface area (TPSA) is 49.4 Å². The van der Waals surface area contributed by atoms with Crippen LogP contribution in [0.3, 0.4) is 0 Å².